The molecule has 0 aromatic carbocycles. The standard InChI is InChI=1S/C18H36N4O2S/c1-13(21(4)11-15(12-25)19-3)10-22(5)14(2)18(24)20-16-8-6-7-9-17(16)23/h13-16,19,25H,6-12H2,1-5H3,(H,20,24)/t13-,14-,15+,16-/m0/s1. The molecule has 0 bridgehead atoms. The van der Waals surface area contributed by atoms with Crippen LogP contribution in [0.2, 0.25) is 0 Å². The molecular weight excluding hydrogens is 336 g/mol. The molecule has 4 atom stereocenters. The Labute approximate surface area is 158 Å². The van der Waals surface area contributed by atoms with Crippen molar-refractivity contribution in [3.05, 3.63) is 0 Å². The molecule has 1 saturated carbocycles. The van der Waals surface area contributed by atoms with Crippen molar-refractivity contribution in [3.8, 4) is 0 Å². The zero-order chi connectivity index (χ0) is 19.0. The Hall–Kier alpha value is -0.630. The van der Waals surface area contributed by atoms with Gasteiger partial charge in [0, 0.05) is 37.3 Å². The van der Waals surface area contributed by atoms with Crippen LogP contribution in [0.15, 0.2) is 0 Å². The molecule has 0 radical (unpaired) electrons. The van der Waals surface area contributed by atoms with Gasteiger partial charge >= 0.3 is 0 Å². The van der Waals surface area contributed by atoms with Crippen molar-refractivity contribution in [1.29, 1.82) is 0 Å². The summed E-state index contributed by atoms with van der Waals surface area (Å²) < 4.78 is 0. The van der Waals surface area contributed by atoms with Gasteiger partial charge in [-0.15, -0.1) is 0 Å². The number of nitrogens with zero attached hydrogens (tertiary/aromatic N) is 2. The van der Waals surface area contributed by atoms with Gasteiger partial charge in [0.25, 0.3) is 0 Å². The summed E-state index contributed by atoms with van der Waals surface area (Å²) in [5, 5.41) is 6.19. The minimum absolute atomic E-state index is 0.0546. The lowest BCUT2D eigenvalue weighted by Crippen LogP contribution is -2.53. The van der Waals surface area contributed by atoms with E-state index in [1.807, 2.05) is 21.0 Å². The van der Waals surface area contributed by atoms with E-state index in [0.29, 0.717) is 18.5 Å². The van der Waals surface area contributed by atoms with E-state index < -0.39 is 0 Å². The number of Topliss-reactive ketones (excluding diaryl/α,β-unsaturated/α-hetero) is 1. The molecule has 0 aromatic heterocycles. The SMILES string of the molecule is CN[C@@H](CS)CN(C)[C@@H](C)CN(C)[C@@H](C)C(=O)N[C@H]1CCCCC1=O. The maximum Gasteiger partial charge on any atom is 0.237 e. The van der Waals surface area contributed by atoms with Gasteiger partial charge in [-0.2, -0.15) is 12.6 Å². The number of rotatable bonds is 10. The average Bonchev–Trinajstić information content (AvgIpc) is 2.60. The summed E-state index contributed by atoms with van der Waals surface area (Å²) in [4.78, 5) is 28.7. The van der Waals surface area contributed by atoms with Gasteiger partial charge in [-0.3, -0.25) is 14.5 Å². The molecule has 0 aliphatic heterocycles. The van der Waals surface area contributed by atoms with Gasteiger partial charge < -0.3 is 15.5 Å². The number of ketones is 1. The molecule has 0 saturated heterocycles. The number of thiol groups is 1. The van der Waals surface area contributed by atoms with Crippen LogP contribution in [0.5, 0.6) is 0 Å². The largest absolute Gasteiger partial charge is 0.345 e. The monoisotopic (exact) mass is 372 g/mol. The maximum atomic E-state index is 12.5. The fourth-order valence-corrected chi connectivity index (χ4v) is 3.41. The third-order valence-electron chi connectivity index (χ3n) is 5.35. The van der Waals surface area contributed by atoms with Crippen LogP contribution in [0, 0.1) is 0 Å². The predicted octanol–water partition coefficient (Wildman–Crippen LogP) is 0.773. The molecule has 1 aliphatic carbocycles. The highest BCUT2D eigenvalue weighted by atomic mass is 32.1. The van der Waals surface area contributed by atoms with Crippen molar-refractivity contribution in [2.45, 2.75) is 63.7 Å². The zero-order valence-corrected chi connectivity index (χ0v) is 17.3. The highest BCUT2D eigenvalue weighted by Crippen LogP contribution is 2.15. The first-order chi connectivity index (χ1) is 11.8. The second kappa shape index (κ2) is 11.2. The Bertz CT molecular complexity index is 431. The van der Waals surface area contributed by atoms with Crippen LogP contribution in [0.25, 0.3) is 0 Å². The Kier molecular flexibility index (Phi) is 10.0. The van der Waals surface area contributed by atoms with Crippen LogP contribution in [-0.2, 0) is 9.59 Å². The van der Waals surface area contributed by atoms with E-state index in [0.717, 1.165) is 38.1 Å². The molecular formula is C18H36N4O2S. The molecule has 6 nitrogen and oxygen atoms in total. The Morgan fingerprint density at radius 3 is 2.48 bits per heavy atom. The Morgan fingerprint density at radius 1 is 1.24 bits per heavy atom. The molecule has 25 heavy (non-hydrogen) atoms. The van der Waals surface area contributed by atoms with Crippen LogP contribution >= 0.6 is 12.6 Å². The first-order valence-corrected chi connectivity index (χ1v) is 9.95. The zero-order valence-electron chi connectivity index (χ0n) is 16.4. The summed E-state index contributed by atoms with van der Waals surface area (Å²) >= 11 is 4.36. The smallest absolute Gasteiger partial charge is 0.237 e. The summed E-state index contributed by atoms with van der Waals surface area (Å²) in [5.74, 6) is 0.908. The van der Waals surface area contributed by atoms with Crippen LogP contribution in [0.1, 0.15) is 39.5 Å². The quantitative estimate of drug-likeness (QED) is 0.495. The molecule has 0 unspecified atom stereocenters. The second-order valence-corrected chi connectivity index (χ2v) is 7.71. The van der Waals surface area contributed by atoms with Crippen molar-refractivity contribution >= 4 is 24.3 Å². The van der Waals surface area contributed by atoms with Crippen molar-refractivity contribution in [2.75, 3.05) is 40.0 Å². The van der Waals surface area contributed by atoms with Gasteiger partial charge in [0.1, 0.15) is 0 Å². The molecule has 1 rings (SSSR count). The summed E-state index contributed by atoms with van der Waals surface area (Å²) in [5.41, 5.74) is 0. The minimum atomic E-state index is -0.288. The van der Waals surface area contributed by atoms with E-state index in [1.165, 1.54) is 0 Å². The molecule has 7 heteroatoms. The van der Waals surface area contributed by atoms with Crippen molar-refractivity contribution in [1.82, 2.24) is 20.4 Å². The normalized spacial score (nSPS) is 22.1. The number of nitrogens with one attached hydrogen (secondary N) is 2. The summed E-state index contributed by atoms with van der Waals surface area (Å²) in [6, 6.07) is 0.117. The number of likely N-dealkylation sites (N-methyl/N-ethyl adjacent to an activating group) is 3. The van der Waals surface area contributed by atoms with Gasteiger partial charge in [0.15, 0.2) is 5.78 Å². The van der Waals surface area contributed by atoms with Crippen LogP contribution < -0.4 is 10.6 Å². The molecule has 1 aliphatic rings. The Morgan fingerprint density at radius 2 is 1.92 bits per heavy atom. The van der Waals surface area contributed by atoms with Crippen LogP contribution in [-0.4, -0.2) is 85.6 Å². The lowest BCUT2D eigenvalue weighted by molar-refractivity contribution is -0.131. The predicted molar refractivity (Wildman–Crippen MR) is 106 cm³/mol. The Balaban J connectivity index is 2.47. The van der Waals surface area contributed by atoms with Gasteiger partial charge in [0.05, 0.1) is 12.1 Å². The molecule has 0 spiro atoms. The summed E-state index contributed by atoms with van der Waals surface area (Å²) in [7, 11) is 6.01. The van der Waals surface area contributed by atoms with E-state index in [4.69, 9.17) is 0 Å². The highest BCUT2D eigenvalue weighted by Gasteiger charge is 2.27. The van der Waals surface area contributed by atoms with Crippen molar-refractivity contribution in [3.63, 3.8) is 0 Å². The fourth-order valence-electron chi connectivity index (χ4n) is 3.11. The van der Waals surface area contributed by atoms with Gasteiger partial charge in [-0.1, -0.05) is 6.42 Å². The summed E-state index contributed by atoms with van der Waals surface area (Å²) in [6.07, 6.45) is 3.33. The fraction of sp³-hybridized carbons (Fsp3) is 0.889. The molecule has 0 aromatic rings. The lowest BCUT2D eigenvalue weighted by atomic mass is 9.94. The van der Waals surface area contributed by atoms with E-state index in [9.17, 15) is 9.59 Å². The number of hydrogen-bond acceptors (Lipinski definition) is 6. The van der Waals surface area contributed by atoms with Crippen molar-refractivity contribution in [2.24, 2.45) is 0 Å². The van der Waals surface area contributed by atoms with Crippen LogP contribution in [0.4, 0.5) is 0 Å². The molecule has 2 N–H and O–H groups in total. The molecule has 146 valence electrons. The van der Waals surface area contributed by atoms with E-state index in [2.05, 4.69) is 47.0 Å². The van der Waals surface area contributed by atoms with Crippen LogP contribution in [0.3, 0.4) is 0 Å². The summed E-state index contributed by atoms with van der Waals surface area (Å²) in [6.45, 7) is 5.76. The lowest BCUT2D eigenvalue weighted by Gasteiger charge is -2.33. The van der Waals surface area contributed by atoms with Crippen molar-refractivity contribution < 1.29 is 9.59 Å². The first-order valence-electron chi connectivity index (χ1n) is 9.31. The topological polar surface area (TPSA) is 64.7 Å². The van der Waals surface area contributed by atoms with E-state index in [1.54, 1.807) is 0 Å². The van der Waals surface area contributed by atoms with E-state index in [-0.39, 0.29) is 23.8 Å². The molecule has 1 fully saturated rings. The molecule has 0 heterocycles. The number of carbonyl (C=O) groups excluding carboxylic acids is 2. The number of amides is 1. The third kappa shape index (κ3) is 7.25. The average molecular weight is 373 g/mol. The number of carbonyl (C=O) groups is 2. The number of hydrogen-bond donors (Lipinski definition) is 3. The minimum Gasteiger partial charge on any atom is -0.345 e. The third-order valence-corrected chi connectivity index (χ3v) is 5.79. The molecule has 1 amide bonds. The van der Waals surface area contributed by atoms with Gasteiger partial charge in [0.2, 0.25) is 5.91 Å². The van der Waals surface area contributed by atoms with Gasteiger partial charge in [-0.05, 0) is 47.8 Å². The maximum absolute atomic E-state index is 12.5. The van der Waals surface area contributed by atoms with Gasteiger partial charge in [-0.25, -0.2) is 0 Å². The first kappa shape index (κ1) is 22.4. The van der Waals surface area contributed by atoms with E-state index >= 15 is 0 Å². The second-order valence-electron chi connectivity index (χ2n) is 7.35. The highest BCUT2D eigenvalue weighted by molar-refractivity contribution is 7.80.